The predicted octanol–water partition coefficient (Wildman–Crippen LogP) is 8.33. The van der Waals surface area contributed by atoms with Crippen molar-refractivity contribution in [2.75, 3.05) is 38.1 Å². The van der Waals surface area contributed by atoms with E-state index >= 15 is 0 Å². The van der Waals surface area contributed by atoms with E-state index in [1.54, 1.807) is 12.1 Å². The Balaban J connectivity index is -0.0000000921. The van der Waals surface area contributed by atoms with Gasteiger partial charge in [-0.05, 0) is 69.6 Å². The summed E-state index contributed by atoms with van der Waals surface area (Å²) in [4.78, 5) is 68.4. The number of amides is 3. The topological polar surface area (TPSA) is 642 Å². The summed E-state index contributed by atoms with van der Waals surface area (Å²) in [5, 5.41) is 118. The maximum atomic E-state index is 9.97. The van der Waals surface area contributed by atoms with Crippen molar-refractivity contribution in [3.05, 3.63) is 166 Å². The first-order valence-corrected chi connectivity index (χ1v) is 33.0. The van der Waals surface area contributed by atoms with Crippen LogP contribution in [0, 0.1) is 94.6 Å². The smallest absolute Gasteiger partial charge is 0.390 e. The summed E-state index contributed by atoms with van der Waals surface area (Å²) in [6.07, 6.45) is 11.5. The molecule has 10 aromatic heterocycles. The van der Waals surface area contributed by atoms with E-state index in [1.807, 2.05) is 4.93 Å². The van der Waals surface area contributed by atoms with E-state index in [9.17, 15) is 54.8 Å². The van der Waals surface area contributed by atoms with E-state index in [1.165, 1.54) is 67.8 Å². The molecular weight excluding hydrogens is 2920 g/mol. The van der Waals surface area contributed by atoms with Crippen LogP contribution in [0.2, 0.25) is 10.3 Å². The van der Waals surface area contributed by atoms with Crippen LogP contribution in [-0.2, 0) is 241 Å². The second-order valence-corrected chi connectivity index (χ2v) is 29.1. The molecule has 571 valence electrons. The molecule has 0 aliphatic heterocycles. The minimum atomic E-state index is -0.636. The monoisotopic (exact) mass is 2960 g/mol. The van der Waals surface area contributed by atoms with Crippen molar-refractivity contribution in [1.82, 2.24) is 102 Å². The molecule has 0 saturated heterocycles. The van der Waals surface area contributed by atoms with Crippen LogP contribution < -0.4 is 56.8 Å². The van der Waals surface area contributed by atoms with E-state index in [0.29, 0.717) is 57.4 Å². The number of nitrogens with two attached hydrogens (primary N) is 3. The second kappa shape index (κ2) is 87.1. The van der Waals surface area contributed by atoms with Gasteiger partial charge in [0.05, 0.1) is 50.6 Å². The molecule has 0 fully saturated rings. The van der Waals surface area contributed by atoms with Crippen LogP contribution in [0.4, 0.5) is 54.7 Å². The molecule has 9 N–H and O–H groups in total. The molecule has 65 heteroatoms. The molecule has 0 saturated carbocycles. The molecule has 0 spiro atoms. The minimum absolute atomic E-state index is 0. The van der Waals surface area contributed by atoms with E-state index < -0.39 is 19.7 Å². The standard InChI is InChI=1S/2C4H2ClN3O2.3C4H3N3O2S.2C4H2N3O2.C4H4N3.2C3H4N3OS.CHI3.CH3I.2CH4.3W.5Y/c2*5-3-1-2-4(7-6-3)8(9)10;3*1-9-4-7-6-3(10-4)5-2-8;2*8-7(9)4-2-1-3-5-6-4;5-4-2-1-3-6-7-4;2*1-7-3-6-5-2(4)8-3;2-1(3)4;1-2;;;;;;;;;;/h2*1-2H;3*1H2,(H,5,6,8);2*1-2H;1-2H,(H2,5,7);2*1H2,(H2,4,5);1H;1H3;2*1H4;;;;;;;;/q;;3*-2;5*-1;;;;;;;;;;;;. The zero-order valence-corrected chi connectivity index (χ0v) is 88.5. The Bertz CT molecular complexity index is 3520. The van der Waals surface area contributed by atoms with Crippen LogP contribution in [0.1, 0.15) is 14.9 Å². The van der Waals surface area contributed by atoms with Gasteiger partial charge in [0.1, 0.15) is -0.0619 Å². The molecule has 0 aromatic carbocycles. The van der Waals surface area contributed by atoms with Crippen molar-refractivity contribution in [3.63, 3.8) is 0 Å². The number of nitrogens with zero attached hydrogens (tertiary/aromatic N) is 24. The second-order valence-electron chi connectivity index (χ2n) is 12.7. The molecule has 10 aromatic rings. The van der Waals surface area contributed by atoms with Gasteiger partial charge in [-0.3, -0.25) is 5.10 Å². The third kappa shape index (κ3) is 73.3. The third-order valence-electron chi connectivity index (χ3n) is 6.73. The van der Waals surface area contributed by atoms with E-state index in [4.69, 9.17) is 40.4 Å². The average Bonchev–Trinajstić information content (AvgIpc) is 1.00. The maximum absolute atomic E-state index is 9.97. The molecule has 0 bridgehead atoms. The first kappa shape index (κ1) is 132. The van der Waals surface area contributed by atoms with Gasteiger partial charge in [0.2, 0.25) is 25.8 Å². The first-order valence-electron chi connectivity index (χ1n) is 22.3. The van der Waals surface area contributed by atoms with Gasteiger partial charge >= 0.3 is 23.3 Å². The Morgan fingerprint density at radius 2 is 0.664 bits per heavy atom. The Kier molecular flexibility index (Phi) is 107. The Morgan fingerprint density at radius 1 is 0.421 bits per heavy atom. The van der Waals surface area contributed by atoms with Gasteiger partial charge in [-0.15, -0.1) is 88.0 Å². The van der Waals surface area contributed by atoms with Crippen LogP contribution in [-0.4, -0.2) is 146 Å². The summed E-state index contributed by atoms with van der Waals surface area (Å²) in [6.45, 7) is 0. The maximum Gasteiger partial charge on any atom is 0.390 e. The zero-order valence-electron chi connectivity index (χ0n) is 51.3. The fourth-order valence-corrected chi connectivity index (χ4v) is 5.89. The van der Waals surface area contributed by atoms with Crippen LogP contribution >= 0.6 is 170 Å². The molecule has 0 atom stereocenters. The summed E-state index contributed by atoms with van der Waals surface area (Å²) in [6, 6.07) is 13.4. The Labute approximate surface area is 860 Å². The summed E-state index contributed by atoms with van der Waals surface area (Å²) >= 11 is 25.3. The van der Waals surface area contributed by atoms with Crippen molar-refractivity contribution >= 4 is 244 Å². The van der Waals surface area contributed by atoms with Crippen molar-refractivity contribution in [3.8, 4) is 26.0 Å². The molecule has 46 nitrogen and oxygen atoms in total. The van der Waals surface area contributed by atoms with E-state index in [-0.39, 0.29) is 275 Å². The zero-order chi connectivity index (χ0) is 73.3. The number of nitro groups is 4. The molecule has 0 aliphatic rings. The number of anilines is 6. The van der Waals surface area contributed by atoms with Gasteiger partial charge < -0.3 is 112 Å². The van der Waals surface area contributed by atoms with Crippen molar-refractivity contribution in [1.29, 1.82) is 0 Å². The molecule has 0 unspecified atom stereocenters. The van der Waals surface area contributed by atoms with Crippen molar-refractivity contribution in [2.45, 2.75) is 14.8 Å². The summed E-state index contributed by atoms with van der Waals surface area (Å²) in [5.41, 5.74) is 15.5. The summed E-state index contributed by atoms with van der Waals surface area (Å²) in [7, 11) is 15.6. The van der Waals surface area contributed by atoms with Crippen molar-refractivity contribution in [2.24, 2.45) is 0 Å². The van der Waals surface area contributed by atoms with Crippen LogP contribution in [0.15, 0.2) is 60.7 Å². The SMILES string of the molecule is C.C.CI.IC(I)I.Nc1cc[c-]nn1.O=[N+]([O-])c1cc[c-]nn1.O=[N+]([O-])c1cc[c-]nn1.O=[N+]([O-])c1ccc(Cl)nn1.O=[N+]([O-])c1ccc(Cl)nn1.[CH2-]Oc1nnc(N)s1.[CH2-]Oc1nnc(N)s1.[CH2-]Oc1nnc(N[C-]=O)s1.[CH2-]Oc1nnc(N[C-]=O)s1.[CH2-]Oc1nnc(N[C-]=O)s1.[W].[W].[W].[Y].[Y].[Y].[Y].[Y]. The molecule has 0 aliphatic carbocycles. The number of hydrogen-bond acceptors (Lipinski definition) is 44. The normalized spacial score (nSPS) is 8.05. The number of ether oxygens (including phenoxy) is 5. The number of nitrogens with one attached hydrogen (secondary N) is 3. The molecule has 107 heavy (non-hydrogen) atoms. The van der Waals surface area contributed by atoms with Crippen molar-refractivity contribution < 1.29 is 285 Å². The number of nitrogen functional groups attached to an aromatic ring is 3. The third-order valence-corrected chi connectivity index (χ3v) is 10.7. The number of hydrogen-bond donors (Lipinski definition) is 6. The average molecular weight is 2960 g/mol. The van der Waals surface area contributed by atoms with Gasteiger partial charge in [-0.2, -0.15) is 56.9 Å². The van der Waals surface area contributed by atoms with Crippen LogP contribution in [0.5, 0.6) is 26.0 Å². The number of rotatable bonds is 15. The number of carbonyl (C=O) groups excluding carboxylic acids is 3. The molecule has 3 amide bonds. The molecule has 10 rings (SSSR count). The minimum Gasteiger partial charge on any atom is -0.644 e. The fraction of sp³-hybridized carbons (Fsp3) is 0.0952. The predicted molar refractivity (Wildman–Crippen MR) is 393 cm³/mol. The largest absolute Gasteiger partial charge is 0.644 e. The summed E-state index contributed by atoms with van der Waals surface area (Å²) in [5.74, 6) is -0.685. The Morgan fingerprint density at radius 3 is 0.804 bits per heavy atom. The van der Waals surface area contributed by atoms with E-state index in [0.717, 1.165) is 56.6 Å². The Hall–Kier alpha value is -1.31. The van der Waals surface area contributed by atoms with Gasteiger partial charge in [0, 0.05) is 249 Å². The van der Waals surface area contributed by atoms with Crippen LogP contribution in [0.25, 0.3) is 0 Å². The number of alkyl halides is 4. The molecule has 5 radical (unpaired) electrons. The number of aromatic nitrogens is 20. The van der Waals surface area contributed by atoms with Gasteiger partial charge in [-0.25, -0.2) is 33.5 Å². The fourth-order valence-electron chi connectivity index (χ4n) is 3.44. The quantitative estimate of drug-likeness (QED) is 0.0140. The van der Waals surface area contributed by atoms with E-state index in [2.05, 4.69) is 286 Å². The van der Waals surface area contributed by atoms with Gasteiger partial charge in [0.15, 0.2) is 10.3 Å². The molecular formula is C42H41Cl2I4N30O16S5W3Y5-11. The van der Waals surface area contributed by atoms with Crippen LogP contribution in [0.3, 0.4) is 0 Å². The molecule has 10 heterocycles. The van der Waals surface area contributed by atoms with Gasteiger partial charge in [-0.1, -0.05) is 141 Å². The summed E-state index contributed by atoms with van der Waals surface area (Å²) < 4.78 is 23.0. The van der Waals surface area contributed by atoms with Gasteiger partial charge in [0.25, 0.3) is 10.4 Å². The first-order chi connectivity index (χ1) is 46.4. The number of halogens is 6.